The van der Waals surface area contributed by atoms with E-state index in [2.05, 4.69) is 17.4 Å². The van der Waals surface area contributed by atoms with Gasteiger partial charge in [0.05, 0.1) is 0 Å². The molecule has 2 heterocycles. The fourth-order valence-electron chi connectivity index (χ4n) is 1.84. The zero-order valence-electron chi connectivity index (χ0n) is 7.95. The first-order valence-corrected chi connectivity index (χ1v) is 5.04. The van der Waals surface area contributed by atoms with Crippen LogP contribution in [0, 0.1) is 0 Å². The predicted molar refractivity (Wildman–Crippen MR) is 53.0 cm³/mol. The van der Waals surface area contributed by atoms with Crippen molar-refractivity contribution < 1.29 is 9.47 Å². The van der Waals surface area contributed by atoms with E-state index in [1.165, 1.54) is 5.56 Å². The van der Waals surface area contributed by atoms with Gasteiger partial charge in [-0.25, -0.2) is 0 Å². The summed E-state index contributed by atoms with van der Waals surface area (Å²) in [4.78, 5) is 0. The summed E-state index contributed by atoms with van der Waals surface area (Å²) < 4.78 is 11.0. The summed E-state index contributed by atoms with van der Waals surface area (Å²) in [6.07, 6.45) is 0. The number of hydrogen-bond acceptors (Lipinski definition) is 3. The van der Waals surface area contributed by atoms with Crippen LogP contribution in [0.4, 0.5) is 0 Å². The second-order valence-electron chi connectivity index (χ2n) is 3.76. The Hall–Kier alpha value is -1.22. The molecule has 0 atom stereocenters. The maximum Gasteiger partial charge on any atom is 0.161 e. The first-order chi connectivity index (χ1) is 6.93. The SMILES string of the molecule is c1cc2c(cc1C1CNC1)OCCO2. The quantitative estimate of drug-likeness (QED) is 0.722. The molecule has 0 aliphatic carbocycles. The molecule has 74 valence electrons. The molecule has 1 aromatic carbocycles. The van der Waals surface area contributed by atoms with Crippen molar-refractivity contribution in [3.63, 3.8) is 0 Å². The maximum absolute atomic E-state index is 5.54. The molecule has 1 fully saturated rings. The van der Waals surface area contributed by atoms with Gasteiger partial charge in [-0.3, -0.25) is 0 Å². The van der Waals surface area contributed by atoms with Gasteiger partial charge >= 0.3 is 0 Å². The Balaban J connectivity index is 1.92. The van der Waals surface area contributed by atoms with Gasteiger partial charge in [-0.1, -0.05) is 6.07 Å². The van der Waals surface area contributed by atoms with Crippen molar-refractivity contribution in [2.75, 3.05) is 26.3 Å². The summed E-state index contributed by atoms with van der Waals surface area (Å²) in [7, 11) is 0. The minimum atomic E-state index is 0.658. The lowest BCUT2D eigenvalue weighted by Gasteiger charge is -2.28. The smallest absolute Gasteiger partial charge is 0.161 e. The van der Waals surface area contributed by atoms with Gasteiger partial charge in [-0.05, 0) is 17.7 Å². The lowest BCUT2D eigenvalue weighted by molar-refractivity contribution is 0.171. The number of benzene rings is 1. The summed E-state index contributed by atoms with van der Waals surface area (Å²) in [5.41, 5.74) is 1.35. The third kappa shape index (κ3) is 1.24. The van der Waals surface area contributed by atoms with Crippen molar-refractivity contribution >= 4 is 0 Å². The van der Waals surface area contributed by atoms with Gasteiger partial charge < -0.3 is 14.8 Å². The molecule has 0 saturated carbocycles. The lowest BCUT2D eigenvalue weighted by Crippen LogP contribution is -2.39. The van der Waals surface area contributed by atoms with Crippen LogP contribution in [0.3, 0.4) is 0 Å². The van der Waals surface area contributed by atoms with Crippen molar-refractivity contribution in [3.8, 4) is 11.5 Å². The number of hydrogen-bond donors (Lipinski definition) is 1. The highest BCUT2D eigenvalue weighted by atomic mass is 16.6. The zero-order valence-corrected chi connectivity index (χ0v) is 7.95. The Labute approximate surface area is 83.0 Å². The first kappa shape index (κ1) is 8.12. The molecular weight excluding hydrogens is 178 g/mol. The van der Waals surface area contributed by atoms with E-state index < -0.39 is 0 Å². The molecule has 1 N–H and O–H groups in total. The van der Waals surface area contributed by atoms with Crippen LogP contribution in [-0.4, -0.2) is 26.3 Å². The molecule has 14 heavy (non-hydrogen) atoms. The largest absolute Gasteiger partial charge is 0.486 e. The molecule has 2 aliphatic rings. The van der Waals surface area contributed by atoms with Gasteiger partial charge in [0.25, 0.3) is 0 Å². The average Bonchev–Trinajstić information content (AvgIpc) is 2.15. The van der Waals surface area contributed by atoms with Crippen molar-refractivity contribution in [2.24, 2.45) is 0 Å². The number of fused-ring (bicyclic) bond motifs is 1. The number of nitrogens with one attached hydrogen (secondary N) is 1. The van der Waals surface area contributed by atoms with E-state index in [0.29, 0.717) is 19.1 Å². The monoisotopic (exact) mass is 191 g/mol. The lowest BCUT2D eigenvalue weighted by atomic mass is 9.93. The predicted octanol–water partition coefficient (Wildman–Crippen LogP) is 1.14. The van der Waals surface area contributed by atoms with Gasteiger partial charge in [0.15, 0.2) is 11.5 Å². The van der Waals surface area contributed by atoms with E-state index in [0.717, 1.165) is 24.6 Å². The van der Waals surface area contributed by atoms with Crippen LogP contribution in [0.25, 0.3) is 0 Å². The summed E-state index contributed by atoms with van der Waals surface area (Å²) in [5.74, 6) is 2.44. The standard InChI is InChI=1S/C11H13NO2/c1-2-10-11(14-4-3-13-10)5-8(1)9-6-12-7-9/h1-2,5,9,12H,3-4,6-7H2. The average molecular weight is 191 g/mol. The summed E-state index contributed by atoms with van der Waals surface area (Å²) in [6, 6.07) is 6.27. The highest BCUT2D eigenvalue weighted by Crippen LogP contribution is 2.33. The molecule has 3 nitrogen and oxygen atoms in total. The molecule has 0 radical (unpaired) electrons. The van der Waals surface area contributed by atoms with Crippen molar-refractivity contribution in [1.29, 1.82) is 0 Å². The zero-order chi connectivity index (χ0) is 9.38. The topological polar surface area (TPSA) is 30.5 Å². The Kier molecular flexibility index (Phi) is 1.84. The molecule has 1 aromatic rings. The Bertz CT molecular complexity index is 347. The second kappa shape index (κ2) is 3.17. The molecule has 0 aromatic heterocycles. The molecule has 3 rings (SSSR count). The van der Waals surface area contributed by atoms with Crippen LogP contribution >= 0.6 is 0 Å². The molecule has 0 unspecified atom stereocenters. The van der Waals surface area contributed by atoms with E-state index in [1.54, 1.807) is 0 Å². The van der Waals surface area contributed by atoms with Crippen LogP contribution in [0.1, 0.15) is 11.5 Å². The van der Waals surface area contributed by atoms with Crippen LogP contribution < -0.4 is 14.8 Å². The highest BCUT2D eigenvalue weighted by molar-refractivity contribution is 5.45. The summed E-state index contributed by atoms with van der Waals surface area (Å²) in [6.45, 7) is 3.50. The van der Waals surface area contributed by atoms with Crippen LogP contribution in [0.5, 0.6) is 11.5 Å². The van der Waals surface area contributed by atoms with Crippen molar-refractivity contribution in [3.05, 3.63) is 23.8 Å². The van der Waals surface area contributed by atoms with Gasteiger partial charge in [0.1, 0.15) is 13.2 Å². The van der Waals surface area contributed by atoms with Crippen molar-refractivity contribution in [2.45, 2.75) is 5.92 Å². The molecule has 3 heteroatoms. The van der Waals surface area contributed by atoms with Crippen LogP contribution in [0.15, 0.2) is 18.2 Å². The summed E-state index contributed by atoms with van der Waals surface area (Å²) in [5, 5.41) is 3.27. The van der Waals surface area contributed by atoms with Gasteiger partial charge in [0.2, 0.25) is 0 Å². The molecule has 2 aliphatic heterocycles. The first-order valence-electron chi connectivity index (χ1n) is 5.04. The molecule has 1 saturated heterocycles. The van der Waals surface area contributed by atoms with Gasteiger partial charge in [0, 0.05) is 19.0 Å². The number of ether oxygens (including phenoxy) is 2. The maximum atomic E-state index is 5.54. The highest BCUT2D eigenvalue weighted by Gasteiger charge is 2.21. The normalized spacial score (nSPS) is 20.3. The van der Waals surface area contributed by atoms with Crippen molar-refractivity contribution in [1.82, 2.24) is 5.32 Å². The van der Waals surface area contributed by atoms with Crippen LogP contribution in [-0.2, 0) is 0 Å². The Morgan fingerprint density at radius 1 is 1.07 bits per heavy atom. The Morgan fingerprint density at radius 2 is 1.86 bits per heavy atom. The minimum Gasteiger partial charge on any atom is -0.486 e. The second-order valence-corrected chi connectivity index (χ2v) is 3.76. The van der Waals surface area contributed by atoms with E-state index in [-0.39, 0.29) is 0 Å². The molecule has 0 bridgehead atoms. The van der Waals surface area contributed by atoms with Gasteiger partial charge in [-0.15, -0.1) is 0 Å². The summed E-state index contributed by atoms with van der Waals surface area (Å²) >= 11 is 0. The minimum absolute atomic E-state index is 0.658. The number of rotatable bonds is 1. The van der Waals surface area contributed by atoms with E-state index >= 15 is 0 Å². The molecule has 0 amide bonds. The third-order valence-electron chi connectivity index (χ3n) is 2.82. The third-order valence-corrected chi connectivity index (χ3v) is 2.82. The van der Waals surface area contributed by atoms with E-state index in [4.69, 9.17) is 9.47 Å². The fraction of sp³-hybridized carbons (Fsp3) is 0.455. The molecular formula is C11H13NO2. The van der Waals surface area contributed by atoms with Gasteiger partial charge in [-0.2, -0.15) is 0 Å². The van der Waals surface area contributed by atoms with E-state index in [9.17, 15) is 0 Å². The molecule has 0 spiro atoms. The Morgan fingerprint density at radius 3 is 2.57 bits per heavy atom. The van der Waals surface area contributed by atoms with Crippen LogP contribution in [0.2, 0.25) is 0 Å². The fourth-order valence-corrected chi connectivity index (χ4v) is 1.84. The van der Waals surface area contributed by atoms with E-state index in [1.807, 2.05) is 6.07 Å².